The molecule has 1 saturated heterocycles. The summed E-state index contributed by atoms with van der Waals surface area (Å²) in [7, 11) is 0. The molecule has 0 aromatic carbocycles. The standard InChI is InChI=1S/C15H24N2/c1-11-5-6-12(8-16)15(7-11)17-9-13-3-2-4-14(13)10-17/h11-15H,2-7,9-10H2,1H3. The maximum absolute atomic E-state index is 9.33. The molecule has 2 aliphatic carbocycles. The van der Waals surface area contributed by atoms with Crippen LogP contribution in [0.15, 0.2) is 0 Å². The van der Waals surface area contributed by atoms with Gasteiger partial charge in [0.15, 0.2) is 0 Å². The number of hydrogen-bond donors (Lipinski definition) is 0. The molecule has 0 amide bonds. The SMILES string of the molecule is CC1CCC(C#N)C(N2CC3CCCC3C2)C1. The van der Waals surface area contributed by atoms with Gasteiger partial charge in [0.25, 0.3) is 0 Å². The number of rotatable bonds is 1. The molecule has 3 fully saturated rings. The van der Waals surface area contributed by atoms with Crippen molar-refractivity contribution in [1.82, 2.24) is 4.90 Å². The molecule has 1 heterocycles. The molecule has 2 saturated carbocycles. The minimum absolute atomic E-state index is 0.310. The first-order valence-corrected chi connectivity index (χ1v) is 7.41. The number of likely N-dealkylation sites (tertiary alicyclic amines) is 1. The number of nitrogens with zero attached hydrogens (tertiary/aromatic N) is 2. The summed E-state index contributed by atoms with van der Waals surface area (Å²) in [5, 5.41) is 9.33. The smallest absolute Gasteiger partial charge is 0.0672 e. The first-order chi connectivity index (χ1) is 8.28. The first kappa shape index (κ1) is 11.5. The molecular formula is C15H24N2. The van der Waals surface area contributed by atoms with E-state index >= 15 is 0 Å². The van der Waals surface area contributed by atoms with Crippen molar-refractivity contribution in [1.29, 1.82) is 5.26 Å². The van der Waals surface area contributed by atoms with E-state index in [0.29, 0.717) is 12.0 Å². The summed E-state index contributed by atoms with van der Waals surface area (Å²) in [5.74, 6) is 3.06. The second kappa shape index (κ2) is 4.61. The van der Waals surface area contributed by atoms with Crippen molar-refractivity contribution in [3.8, 4) is 6.07 Å². The molecule has 1 aliphatic heterocycles. The molecule has 3 rings (SSSR count). The maximum Gasteiger partial charge on any atom is 0.0672 e. The predicted octanol–water partition coefficient (Wildman–Crippen LogP) is 3.05. The molecule has 17 heavy (non-hydrogen) atoms. The number of fused-ring (bicyclic) bond motifs is 1. The van der Waals surface area contributed by atoms with Crippen molar-refractivity contribution in [3.63, 3.8) is 0 Å². The Morgan fingerprint density at radius 1 is 1.06 bits per heavy atom. The van der Waals surface area contributed by atoms with Gasteiger partial charge in [-0.05, 0) is 49.9 Å². The molecule has 0 N–H and O–H groups in total. The second-order valence-corrected chi connectivity index (χ2v) is 6.63. The van der Waals surface area contributed by atoms with Gasteiger partial charge in [-0.3, -0.25) is 4.90 Å². The highest BCUT2D eigenvalue weighted by atomic mass is 15.2. The van der Waals surface area contributed by atoms with Gasteiger partial charge < -0.3 is 0 Å². The van der Waals surface area contributed by atoms with Gasteiger partial charge in [0.05, 0.1) is 12.0 Å². The summed E-state index contributed by atoms with van der Waals surface area (Å²) < 4.78 is 0. The largest absolute Gasteiger partial charge is 0.298 e. The second-order valence-electron chi connectivity index (χ2n) is 6.63. The van der Waals surface area contributed by atoms with E-state index in [2.05, 4.69) is 17.9 Å². The maximum atomic E-state index is 9.33. The Balaban J connectivity index is 1.68. The monoisotopic (exact) mass is 232 g/mol. The van der Waals surface area contributed by atoms with Crippen LogP contribution in [0.2, 0.25) is 0 Å². The van der Waals surface area contributed by atoms with E-state index in [-0.39, 0.29) is 0 Å². The van der Waals surface area contributed by atoms with E-state index in [9.17, 15) is 5.26 Å². The van der Waals surface area contributed by atoms with Gasteiger partial charge in [-0.25, -0.2) is 0 Å². The highest BCUT2D eigenvalue weighted by Crippen LogP contribution is 2.42. The van der Waals surface area contributed by atoms with Crippen LogP contribution in [0.5, 0.6) is 0 Å². The van der Waals surface area contributed by atoms with Gasteiger partial charge in [-0.2, -0.15) is 5.26 Å². The molecule has 2 nitrogen and oxygen atoms in total. The molecule has 5 unspecified atom stereocenters. The minimum atomic E-state index is 0.310. The Hall–Kier alpha value is -0.550. The van der Waals surface area contributed by atoms with Gasteiger partial charge in [0, 0.05) is 19.1 Å². The summed E-state index contributed by atoms with van der Waals surface area (Å²) >= 11 is 0. The zero-order valence-electron chi connectivity index (χ0n) is 10.9. The lowest BCUT2D eigenvalue weighted by Gasteiger charge is -2.37. The normalized spacial score (nSPS) is 46.7. The van der Waals surface area contributed by atoms with E-state index in [0.717, 1.165) is 24.2 Å². The molecule has 94 valence electrons. The first-order valence-electron chi connectivity index (χ1n) is 7.41. The van der Waals surface area contributed by atoms with E-state index in [4.69, 9.17) is 0 Å². The van der Waals surface area contributed by atoms with Crippen molar-refractivity contribution in [2.75, 3.05) is 13.1 Å². The highest BCUT2D eigenvalue weighted by molar-refractivity contribution is 5.00. The number of hydrogen-bond acceptors (Lipinski definition) is 2. The van der Waals surface area contributed by atoms with Gasteiger partial charge in [0.1, 0.15) is 0 Å². The average molecular weight is 232 g/mol. The van der Waals surface area contributed by atoms with Gasteiger partial charge in [-0.15, -0.1) is 0 Å². The van der Waals surface area contributed by atoms with Crippen molar-refractivity contribution >= 4 is 0 Å². The van der Waals surface area contributed by atoms with Crippen LogP contribution in [0.25, 0.3) is 0 Å². The lowest BCUT2D eigenvalue weighted by Crippen LogP contribution is -2.43. The minimum Gasteiger partial charge on any atom is -0.298 e. The van der Waals surface area contributed by atoms with E-state index < -0.39 is 0 Å². The van der Waals surface area contributed by atoms with Crippen LogP contribution in [0.3, 0.4) is 0 Å². The molecule has 2 heteroatoms. The summed E-state index contributed by atoms with van der Waals surface area (Å²) in [4.78, 5) is 2.68. The van der Waals surface area contributed by atoms with Gasteiger partial charge in [0.2, 0.25) is 0 Å². The lowest BCUT2D eigenvalue weighted by atomic mass is 9.79. The third-order valence-electron chi connectivity index (χ3n) is 5.47. The Morgan fingerprint density at radius 3 is 2.41 bits per heavy atom. The lowest BCUT2D eigenvalue weighted by molar-refractivity contribution is 0.121. The van der Waals surface area contributed by atoms with Crippen LogP contribution in [0.1, 0.15) is 45.4 Å². The van der Waals surface area contributed by atoms with Crippen molar-refractivity contribution in [2.24, 2.45) is 23.7 Å². The molecule has 0 aromatic rings. The Morgan fingerprint density at radius 2 is 1.76 bits per heavy atom. The highest BCUT2D eigenvalue weighted by Gasteiger charge is 2.42. The topological polar surface area (TPSA) is 27.0 Å². The molecule has 0 aromatic heterocycles. The van der Waals surface area contributed by atoms with Crippen LogP contribution >= 0.6 is 0 Å². The van der Waals surface area contributed by atoms with Crippen molar-refractivity contribution in [2.45, 2.75) is 51.5 Å². The number of nitriles is 1. The fourth-order valence-electron chi connectivity index (χ4n) is 4.45. The fourth-order valence-corrected chi connectivity index (χ4v) is 4.45. The molecule has 3 aliphatic rings. The quantitative estimate of drug-likeness (QED) is 0.695. The predicted molar refractivity (Wildman–Crippen MR) is 68.3 cm³/mol. The molecule has 0 spiro atoms. The van der Waals surface area contributed by atoms with Crippen molar-refractivity contribution < 1.29 is 0 Å². The Bertz CT molecular complexity index is 307. The zero-order chi connectivity index (χ0) is 11.8. The Kier molecular flexibility index (Phi) is 3.13. The van der Waals surface area contributed by atoms with Crippen molar-refractivity contribution in [3.05, 3.63) is 0 Å². The zero-order valence-corrected chi connectivity index (χ0v) is 10.9. The third kappa shape index (κ3) is 2.10. The van der Waals surface area contributed by atoms with Gasteiger partial charge >= 0.3 is 0 Å². The third-order valence-corrected chi connectivity index (χ3v) is 5.47. The summed E-state index contributed by atoms with van der Waals surface area (Å²) in [6, 6.07) is 3.15. The van der Waals surface area contributed by atoms with E-state index in [1.165, 1.54) is 45.2 Å². The van der Waals surface area contributed by atoms with Crippen LogP contribution in [0.4, 0.5) is 0 Å². The molecule has 0 bridgehead atoms. The van der Waals surface area contributed by atoms with Crippen LogP contribution in [0, 0.1) is 35.0 Å². The molecule has 5 atom stereocenters. The average Bonchev–Trinajstić information content (AvgIpc) is 2.88. The van der Waals surface area contributed by atoms with Crippen LogP contribution in [-0.4, -0.2) is 24.0 Å². The fraction of sp³-hybridized carbons (Fsp3) is 0.933. The summed E-state index contributed by atoms with van der Waals surface area (Å²) in [5.41, 5.74) is 0. The van der Waals surface area contributed by atoms with Crippen LogP contribution < -0.4 is 0 Å². The van der Waals surface area contributed by atoms with Gasteiger partial charge in [-0.1, -0.05) is 13.3 Å². The van der Waals surface area contributed by atoms with Crippen LogP contribution in [-0.2, 0) is 0 Å². The van der Waals surface area contributed by atoms with E-state index in [1.54, 1.807) is 0 Å². The Labute approximate surface area is 105 Å². The molecule has 0 radical (unpaired) electrons. The summed E-state index contributed by atoms with van der Waals surface area (Å²) in [6.07, 6.45) is 7.99. The van der Waals surface area contributed by atoms with E-state index in [1.807, 2.05) is 0 Å². The summed E-state index contributed by atoms with van der Waals surface area (Å²) in [6.45, 7) is 4.94. The molecular weight excluding hydrogens is 208 g/mol.